The Morgan fingerprint density at radius 1 is 0.522 bits per heavy atom. The minimum absolute atomic E-state index is 0.873. The SMILES string of the molecule is CCCCCCCCCCCCCCCCCCN.CCNC. The van der Waals surface area contributed by atoms with Gasteiger partial charge in [-0.3, -0.25) is 0 Å². The Morgan fingerprint density at radius 2 is 0.783 bits per heavy atom. The molecule has 0 aliphatic rings. The molecule has 0 heterocycles. The molecule has 0 atom stereocenters. The molecule has 0 saturated heterocycles. The Hall–Kier alpha value is -0.0800. The number of rotatable bonds is 17. The van der Waals surface area contributed by atoms with Gasteiger partial charge in [-0.05, 0) is 26.6 Å². The summed E-state index contributed by atoms with van der Waals surface area (Å²) in [6, 6.07) is 0. The van der Waals surface area contributed by atoms with Crippen molar-refractivity contribution in [3.05, 3.63) is 0 Å². The van der Waals surface area contributed by atoms with Gasteiger partial charge >= 0.3 is 0 Å². The summed E-state index contributed by atoms with van der Waals surface area (Å²) in [5, 5.41) is 2.93. The molecule has 0 aromatic rings. The van der Waals surface area contributed by atoms with Crippen molar-refractivity contribution in [3.63, 3.8) is 0 Å². The number of nitrogens with two attached hydrogens (primary N) is 1. The highest BCUT2D eigenvalue weighted by Gasteiger charge is 1.94. The third-order valence-corrected chi connectivity index (χ3v) is 4.41. The normalized spacial score (nSPS) is 10.4. The summed E-state index contributed by atoms with van der Waals surface area (Å²) in [4.78, 5) is 0. The van der Waals surface area contributed by atoms with Crippen LogP contribution in [0.3, 0.4) is 0 Å². The maximum atomic E-state index is 5.48. The van der Waals surface area contributed by atoms with E-state index in [0.29, 0.717) is 0 Å². The van der Waals surface area contributed by atoms with Crippen LogP contribution in [0.4, 0.5) is 0 Å². The van der Waals surface area contributed by atoms with Crippen LogP contribution in [-0.4, -0.2) is 20.1 Å². The smallest absolute Gasteiger partial charge is 0.00773 e. The lowest BCUT2D eigenvalue weighted by molar-refractivity contribution is 0.530. The highest BCUT2D eigenvalue weighted by Crippen LogP contribution is 2.13. The maximum absolute atomic E-state index is 5.48. The van der Waals surface area contributed by atoms with Gasteiger partial charge in [0.2, 0.25) is 0 Å². The fourth-order valence-corrected chi connectivity index (χ4v) is 2.69. The summed E-state index contributed by atoms with van der Waals surface area (Å²) >= 11 is 0. The number of hydrogen-bond donors (Lipinski definition) is 2. The van der Waals surface area contributed by atoms with Crippen LogP contribution in [0.1, 0.15) is 117 Å². The van der Waals surface area contributed by atoms with E-state index in [0.717, 1.165) is 13.1 Å². The monoisotopic (exact) mass is 328 g/mol. The molecule has 23 heavy (non-hydrogen) atoms. The van der Waals surface area contributed by atoms with Crippen molar-refractivity contribution >= 4 is 0 Å². The van der Waals surface area contributed by atoms with Crippen molar-refractivity contribution in [3.8, 4) is 0 Å². The van der Waals surface area contributed by atoms with Crippen LogP contribution in [0.25, 0.3) is 0 Å². The quantitative estimate of drug-likeness (QED) is 0.302. The van der Waals surface area contributed by atoms with Gasteiger partial charge in [-0.2, -0.15) is 0 Å². The molecule has 0 amide bonds. The maximum Gasteiger partial charge on any atom is -0.00773 e. The van der Waals surface area contributed by atoms with E-state index in [1.165, 1.54) is 103 Å². The summed E-state index contributed by atoms with van der Waals surface area (Å²) in [5.74, 6) is 0. The Labute approximate surface area is 148 Å². The average molecular weight is 329 g/mol. The van der Waals surface area contributed by atoms with E-state index in [-0.39, 0.29) is 0 Å². The van der Waals surface area contributed by atoms with Gasteiger partial charge < -0.3 is 11.1 Å². The first kappa shape index (κ1) is 25.2. The standard InChI is InChI=1S/C18H39N.C3H9N/c1-2-3-4-5-6-7-8-9-10-11-12-13-14-15-16-17-18-19;1-3-4-2/h2-19H2,1H3;4H,3H2,1-2H3. The number of nitrogens with one attached hydrogen (secondary N) is 1. The van der Waals surface area contributed by atoms with Crippen LogP contribution >= 0.6 is 0 Å². The molecule has 0 rings (SSSR count). The first-order valence-corrected chi connectivity index (χ1v) is 10.7. The van der Waals surface area contributed by atoms with Crippen LogP contribution in [0, 0.1) is 0 Å². The zero-order valence-electron chi connectivity index (χ0n) is 16.8. The molecule has 0 radical (unpaired) electrons. The van der Waals surface area contributed by atoms with E-state index >= 15 is 0 Å². The highest BCUT2D eigenvalue weighted by atomic mass is 14.8. The zero-order valence-corrected chi connectivity index (χ0v) is 16.8. The predicted octanol–water partition coefficient (Wildman–Crippen LogP) is 6.43. The zero-order chi connectivity index (χ0) is 17.4. The largest absolute Gasteiger partial charge is 0.330 e. The van der Waals surface area contributed by atoms with Crippen molar-refractivity contribution in [1.29, 1.82) is 0 Å². The minimum atomic E-state index is 0.873. The Kier molecular flexibility index (Phi) is 29.3. The molecule has 2 nitrogen and oxygen atoms in total. The Morgan fingerprint density at radius 3 is 1.00 bits per heavy atom. The van der Waals surface area contributed by atoms with Crippen LogP contribution in [-0.2, 0) is 0 Å². The molecule has 0 bridgehead atoms. The molecule has 3 N–H and O–H groups in total. The van der Waals surface area contributed by atoms with E-state index in [2.05, 4.69) is 19.2 Å². The molecule has 0 fully saturated rings. The van der Waals surface area contributed by atoms with Crippen molar-refractivity contribution < 1.29 is 0 Å². The van der Waals surface area contributed by atoms with Gasteiger partial charge in [-0.25, -0.2) is 0 Å². The summed E-state index contributed by atoms with van der Waals surface area (Å²) < 4.78 is 0. The van der Waals surface area contributed by atoms with Gasteiger partial charge in [-0.15, -0.1) is 0 Å². The van der Waals surface area contributed by atoms with Crippen LogP contribution < -0.4 is 11.1 Å². The minimum Gasteiger partial charge on any atom is -0.330 e. The van der Waals surface area contributed by atoms with E-state index < -0.39 is 0 Å². The summed E-state index contributed by atoms with van der Waals surface area (Å²) in [6.07, 6.45) is 22.9. The second-order valence-electron chi connectivity index (χ2n) is 6.80. The van der Waals surface area contributed by atoms with Crippen LogP contribution in [0.15, 0.2) is 0 Å². The van der Waals surface area contributed by atoms with Crippen molar-refractivity contribution in [2.24, 2.45) is 5.73 Å². The first-order valence-electron chi connectivity index (χ1n) is 10.7. The summed E-state index contributed by atoms with van der Waals surface area (Å²) in [7, 11) is 1.93. The summed E-state index contributed by atoms with van der Waals surface area (Å²) in [5.41, 5.74) is 5.48. The topological polar surface area (TPSA) is 38.0 Å². The molecule has 2 heteroatoms. The lowest BCUT2D eigenvalue weighted by Crippen LogP contribution is -2.01. The molecule has 0 spiro atoms. The van der Waals surface area contributed by atoms with E-state index in [4.69, 9.17) is 5.73 Å². The second kappa shape index (κ2) is 26.8. The molecule has 0 aromatic heterocycles. The van der Waals surface area contributed by atoms with Gasteiger partial charge in [0.25, 0.3) is 0 Å². The van der Waals surface area contributed by atoms with Crippen molar-refractivity contribution in [2.75, 3.05) is 20.1 Å². The third kappa shape index (κ3) is 30.4. The predicted molar refractivity (Wildman–Crippen MR) is 108 cm³/mol. The fourth-order valence-electron chi connectivity index (χ4n) is 2.69. The molecular weight excluding hydrogens is 280 g/mol. The van der Waals surface area contributed by atoms with Gasteiger partial charge in [0.1, 0.15) is 0 Å². The highest BCUT2D eigenvalue weighted by molar-refractivity contribution is 4.49. The van der Waals surface area contributed by atoms with Crippen LogP contribution in [0.2, 0.25) is 0 Å². The van der Waals surface area contributed by atoms with Crippen molar-refractivity contribution in [1.82, 2.24) is 5.32 Å². The Balaban J connectivity index is 0. The number of unbranched alkanes of at least 4 members (excludes halogenated alkanes) is 15. The average Bonchev–Trinajstić information content (AvgIpc) is 2.58. The fraction of sp³-hybridized carbons (Fsp3) is 1.00. The van der Waals surface area contributed by atoms with Gasteiger partial charge in [0, 0.05) is 0 Å². The molecule has 0 unspecified atom stereocenters. The Bertz CT molecular complexity index is 153. The van der Waals surface area contributed by atoms with Crippen LogP contribution in [0.5, 0.6) is 0 Å². The molecule has 0 aliphatic carbocycles. The molecule has 0 saturated carbocycles. The van der Waals surface area contributed by atoms with E-state index in [9.17, 15) is 0 Å². The molecule has 0 aromatic carbocycles. The van der Waals surface area contributed by atoms with Gasteiger partial charge in [0.05, 0.1) is 0 Å². The lowest BCUT2D eigenvalue weighted by Gasteiger charge is -2.03. The first-order chi connectivity index (χ1) is 11.3. The lowest BCUT2D eigenvalue weighted by atomic mass is 10.0. The van der Waals surface area contributed by atoms with E-state index in [1.54, 1.807) is 0 Å². The number of hydrogen-bond acceptors (Lipinski definition) is 2. The molecule has 142 valence electrons. The van der Waals surface area contributed by atoms with Gasteiger partial charge in [0.15, 0.2) is 0 Å². The van der Waals surface area contributed by atoms with Crippen molar-refractivity contribution in [2.45, 2.75) is 117 Å². The molecular formula is C21H48N2. The third-order valence-electron chi connectivity index (χ3n) is 4.41. The summed E-state index contributed by atoms with van der Waals surface area (Å²) in [6.45, 7) is 6.30. The van der Waals surface area contributed by atoms with E-state index in [1.807, 2.05) is 7.05 Å². The second-order valence-corrected chi connectivity index (χ2v) is 6.80. The molecule has 0 aliphatic heterocycles. The van der Waals surface area contributed by atoms with Gasteiger partial charge in [-0.1, -0.05) is 110 Å².